The summed E-state index contributed by atoms with van der Waals surface area (Å²) < 4.78 is 0. The van der Waals surface area contributed by atoms with Crippen molar-refractivity contribution >= 4 is 16.7 Å². The van der Waals surface area contributed by atoms with Crippen LogP contribution in [0.2, 0.25) is 0 Å². The van der Waals surface area contributed by atoms with Crippen molar-refractivity contribution in [3.8, 4) is 6.07 Å². The molecule has 38 heavy (non-hydrogen) atoms. The van der Waals surface area contributed by atoms with Crippen molar-refractivity contribution in [2.45, 2.75) is 50.1 Å². The second-order valence-electron chi connectivity index (χ2n) is 11.2. The molecule has 1 saturated heterocycles. The average molecular weight is 512 g/mol. The Morgan fingerprint density at radius 2 is 1.68 bits per heavy atom. The van der Waals surface area contributed by atoms with Gasteiger partial charge in [0, 0.05) is 44.2 Å². The van der Waals surface area contributed by atoms with Gasteiger partial charge >= 0.3 is 0 Å². The van der Waals surface area contributed by atoms with Gasteiger partial charge in [-0.25, -0.2) is 9.97 Å². The molecule has 0 atom stereocenters. The number of nitriles is 1. The van der Waals surface area contributed by atoms with Gasteiger partial charge in [-0.15, -0.1) is 0 Å². The number of fused-ring (bicyclic) bond motifs is 1. The Morgan fingerprint density at radius 3 is 2.39 bits per heavy atom. The highest BCUT2D eigenvalue weighted by Crippen LogP contribution is 2.40. The van der Waals surface area contributed by atoms with Gasteiger partial charge in [-0.2, -0.15) is 5.26 Å². The monoisotopic (exact) mass is 511 g/mol. The number of para-hydroxylation sites is 1. The minimum absolute atomic E-state index is 0.314. The van der Waals surface area contributed by atoms with E-state index in [9.17, 15) is 5.26 Å². The van der Waals surface area contributed by atoms with Gasteiger partial charge in [-0.1, -0.05) is 42.5 Å². The van der Waals surface area contributed by atoms with Gasteiger partial charge in [-0.3, -0.25) is 9.80 Å². The molecule has 1 aromatic heterocycles. The van der Waals surface area contributed by atoms with Crippen LogP contribution in [0, 0.1) is 11.3 Å². The zero-order valence-electron chi connectivity index (χ0n) is 22.9. The standard InChI is InChI=1S/C31H41N7/c1-36(2)18-8-17-33-30-27-11-6-7-12-28(27)34-29(35-30)23-37-19-21-38(22-20-37)26-13-15-31(24-32,16-14-26)25-9-4-3-5-10-25/h3-7,9-12,26H,8,13-23H2,1-2H3,(H,33,34,35). The highest BCUT2D eigenvalue weighted by atomic mass is 15.3. The first kappa shape index (κ1) is 26.6. The van der Waals surface area contributed by atoms with Crippen molar-refractivity contribution in [3.05, 3.63) is 66.0 Å². The summed E-state index contributed by atoms with van der Waals surface area (Å²) in [5.74, 6) is 1.84. The normalized spacial score (nSPS) is 22.9. The highest BCUT2D eigenvalue weighted by Gasteiger charge is 2.39. The Labute approximate surface area is 227 Å². The molecule has 0 spiro atoms. The molecule has 7 nitrogen and oxygen atoms in total. The molecular formula is C31H41N7. The predicted molar refractivity (Wildman–Crippen MR) is 154 cm³/mol. The van der Waals surface area contributed by atoms with E-state index in [0.29, 0.717) is 6.04 Å². The Hall–Kier alpha value is -3.05. The van der Waals surface area contributed by atoms with Gasteiger partial charge in [0.15, 0.2) is 0 Å². The Bertz CT molecular complexity index is 1220. The maximum absolute atomic E-state index is 10.0. The van der Waals surface area contributed by atoms with Crippen LogP contribution in [-0.2, 0) is 12.0 Å². The number of rotatable bonds is 9. The van der Waals surface area contributed by atoms with Crippen molar-refractivity contribution in [2.24, 2.45) is 0 Å². The summed E-state index contributed by atoms with van der Waals surface area (Å²) >= 11 is 0. The molecule has 2 aromatic carbocycles. The zero-order chi connectivity index (χ0) is 26.4. The molecule has 2 aliphatic rings. The summed E-state index contributed by atoms with van der Waals surface area (Å²) in [5, 5.41) is 14.7. The molecule has 1 aliphatic carbocycles. The average Bonchev–Trinajstić information content (AvgIpc) is 2.96. The van der Waals surface area contributed by atoms with E-state index in [0.717, 1.165) is 100 Å². The topological polar surface area (TPSA) is 71.3 Å². The number of piperazine rings is 1. The molecule has 3 aromatic rings. The van der Waals surface area contributed by atoms with Crippen molar-refractivity contribution in [3.63, 3.8) is 0 Å². The van der Waals surface area contributed by atoms with Crippen molar-refractivity contribution in [1.82, 2.24) is 24.7 Å². The molecule has 0 unspecified atom stereocenters. The van der Waals surface area contributed by atoms with Crippen LogP contribution in [0.15, 0.2) is 54.6 Å². The lowest BCUT2D eigenvalue weighted by molar-refractivity contribution is 0.0667. The third kappa shape index (κ3) is 6.15. The fourth-order valence-electron chi connectivity index (χ4n) is 6.10. The Morgan fingerprint density at radius 1 is 0.974 bits per heavy atom. The van der Waals surface area contributed by atoms with Gasteiger partial charge in [0.2, 0.25) is 0 Å². The molecular weight excluding hydrogens is 470 g/mol. The molecule has 1 N–H and O–H groups in total. The quantitative estimate of drug-likeness (QED) is 0.424. The largest absolute Gasteiger partial charge is 0.369 e. The third-order valence-corrected chi connectivity index (χ3v) is 8.36. The van der Waals surface area contributed by atoms with Crippen molar-refractivity contribution in [2.75, 3.05) is 58.7 Å². The van der Waals surface area contributed by atoms with Crippen LogP contribution in [-0.4, -0.2) is 84.1 Å². The maximum Gasteiger partial charge on any atom is 0.145 e. The highest BCUT2D eigenvalue weighted by molar-refractivity contribution is 5.88. The van der Waals surface area contributed by atoms with Crippen LogP contribution in [0.1, 0.15) is 43.5 Å². The smallest absolute Gasteiger partial charge is 0.145 e. The summed E-state index contributed by atoms with van der Waals surface area (Å²) in [4.78, 5) is 17.2. The van der Waals surface area contributed by atoms with Gasteiger partial charge < -0.3 is 10.2 Å². The number of anilines is 1. The number of benzene rings is 2. The first-order valence-corrected chi connectivity index (χ1v) is 14.1. The van der Waals surface area contributed by atoms with Gasteiger partial charge in [0.1, 0.15) is 11.6 Å². The number of hydrogen-bond donors (Lipinski definition) is 1. The van der Waals surface area contributed by atoms with Crippen LogP contribution in [0.25, 0.3) is 10.9 Å². The summed E-state index contributed by atoms with van der Waals surface area (Å²) in [6, 6.07) is 22.0. The lowest BCUT2D eigenvalue weighted by atomic mass is 9.69. The molecule has 2 heterocycles. The number of aromatic nitrogens is 2. The van der Waals surface area contributed by atoms with Crippen LogP contribution in [0.3, 0.4) is 0 Å². The molecule has 200 valence electrons. The second kappa shape index (κ2) is 12.2. The summed E-state index contributed by atoms with van der Waals surface area (Å²) in [6.07, 6.45) is 5.17. The fourth-order valence-corrected chi connectivity index (χ4v) is 6.10. The van der Waals surface area contributed by atoms with E-state index in [1.807, 2.05) is 6.07 Å². The first-order chi connectivity index (χ1) is 18.6. The van der Waals surface area contributed by atoms with E-state index in [2.05, 4.69) is 88.7 Å². The second-order valence-corrected chi connectivity index (χ2v) is 11.2. The Kier molecular flexibility index (Phi) is 8.53. The number of nitrogens with one attached hydrogen (secondary N) is 1. The van der Waals surface area contributed by atoms with Crippen LogP contribution < -0.4 is 5.32 Å². The van der Waals surface area contributed by atoms with E-state index in [4.69, 9.17) is 9.97 Å². The molecule has 7 heteroatoms. The molecule has 0 bridgehead atoms. The minimum Gasteiger partial charge on any atom is -0.369 e. The summed E-state index contributed by atoms with van der Waals surface area (Å²) in [7, 11) is 4.22. The SMILES string of the molecule is CN(C)CCCNc1nc(CN2CCN(C3CCC(C#N)(c4ccccc4)CC3)CC2)nc2ccccc12. The molecule has 1 saturated carbocycles. The lowest BCUT2D eigenvalue weighted by Crippen LogP contribution is -2.51. The van der Waals surface area contributed by atoms with Crippen molar-refractivity contribution < 1.29 is 0 Å². The van der Waals surface area contributed by atoms with Crippen molar-refractivity contribution in [1.29, 1.82) is 5.26 Å². The zero-order valence-corrected chi connectivity index (χ0v) is 22.9. The van der Waals surface area contributed by atoms with Crippen LogP contribution >= 0.6 is 0 Å². The van der Waals surface area contributed by atoms with E-state index in [1.54, 1.807) is 0 Å². The third-order valence-electron chi connectivity index (χ3n) is 8.36. The molecule has 0 radical (unpaired) electrons. The van der Waals surface area contributed by atoms with E-state index < -0.39 is 0 Å². The van der Waals surface area contributed by atoms with Gasteiger partial charge in [0.05, 0.1) is 23.5 Å². The minimum atomic E-state index is -0.314. The summed E-state index contributed by atoms with van der Waals surface area (Å²) in [5.41, 5.74) is 1.88. The molecule has 0 amide bonds. The van der Waals surface area contributed by atoms with Gasteiger partial charge in [-0.05, 0) is 70.4 Å². The van der Waals surface area contributed by atoms with Gasteiger partial charge in [0.25, 0.3) is 0 Å². The first-order valence-electron chi connectivity index (χ1n) is 14.1. The van der Waals surface area contributed by atoms with E-state index in [-0.39, 0.29) is 5.41 Å². The molecule has 2 fully saturated rings. The Balaban J connectivity index is 1.16. The summed E-state index contributed by atoms with van der Waals surface area (Å²) in [6.45, 7) is 6.92. The van der Waals surface area contributed by atoms with E-state index in [1.165, 1.54) is 5.56 Å². The fraction of sp³-hybridized carbons (Fsp3) is 0.516. The number of hydrogen-bond acceptors (Lipinski definition) is 7. The molecule has 5 rings (SSSR count). The molecule has 1 aliphatic heterocycles. The lowest BCUT2D eigenvalue weighted by Gasteiger charge is -2.43. The van der Waals surface area contributed by atoms with Crippen LogP contribution in [0.5, 0.6) is 0 Å². The predicted octanol–water partition coefficient (Wildman–Crippen LogP) is 4.52. The van der Waals surface area contributed by atoms with Crippen LogP contribution in [0.4, 0.5) is 5.82 Å². The maximum atomic E-state index is 10.0. The van der Waals surface area contributed by atoms with E-state index >= 15 is 0 Å². The number of nitrogens with zero attached hydrogens (tertiary/aromatic N) is 6.